The first-order valence-electron chi connectivity index (χ1n) is 10.2. The first-order chi connectivity index (χ1) is 14.9. The molecule has 5 nitrogen and oxygen atoms in total. The normalized spacial score (nSPS) is 15.7. The van der Waals surface area contributed by atoms with Crippen LogP contribution in [0.5, 0.6) is 0 Å². The molecule has 0 aliphatic carbocycles. The number of rotatable bonds is 5. The molecule has 1 aliphatic rings. The number of benzene rings is 3. The van der Waals surface area contributed by atoms with Crippen LogP contribution in [0.15, 0.2) is 66.7 Å². The Hall–Kier alpha value is -3.67. The molecule has 1 unspecified atom stereocenters. The van der Waals surface area contributed by atoms with Crippen LogP contribution in [0.4, 0.5) is 15.8 Å². The summed E-state index contributed by atoms with van der Waals surface area (Å²) in [7, 11) is 0. The maximum atomic E-state index is 13.1. The van der Waals surface area contributed by atoms with Gasteiger partial charge in [-0.2, -0.15) is 0 Å². The lowest BCUT2D eigenvalue weighted by atomic mass is 9.97. The minimum atomic E-state index is -1.12. The molecular formula is C25H23FN2O3. The maximum Gasteiger partial charge on any atom is 0.337 e. The van der Waals surface area contributed by atoms with Crippen LogP contribution in [-0.2, 0) is 0 Å². The van der Waals surface area contributed by atoms with Gasteiger partial charge in [0, 0.05) is 30.3 Å². The first-order valence-corrected chi connectivity index (χ1v) is 10.2. The van der Waals surface area contributed by atoms with Crippen molar-refractivity contribution in [3.05, 3.63) is 94.8 Å². The standard InChI is InChI=1S/C25H23FN2O3/c1-16-3-2-4-18(13-16)19-11-12-28(15-19)21-9-10-23(22(14-21)25(30)31)27-24(29)17-5-7-20(26)8-6-17/h2-10,13-14,19H,11-12,15H2,1H3,(H,27,29)(H,30,31). The molecule has 0 spiro atoms. The summed E-state index contributed by atoms with van der Waals surface area (Å²) in [5.74, 6) is -1.66. The van der Waals surface area contributed by atoms with Crippen LogP contribution in [0.25, 0.3) is 0 Å². The van der Waals surface area contributed by atoms with Gasteiger partial charge in [0.2, 0.25) is 0 Å². The summed E-state index contributed by atoms with van der Waals surface area (Å²) in [4.78, 5) is 26.5. The number of nitrogens with zero attached hydrogens (tertiary/aromatic N) is 1. The molecule has 6 heteroatoms. The van der Waals surface area contributed by atoms with E-state index in [0.717, 1.165) is 25.2 Å². The van der Waals surface area contributed by atoms with Crippen molar-refractivity contribution in [2.45, 2.75) is 19.3 Å². The van der Waals surface area contributed by atoms with Crippen molar-refractivity contribution in [3.63, 3.8) is 0 Å². The summed E-state index contributed by atoms with van der Waals surface area (Å²) >= 11 is 0. The molecular weight excluding hydrogens is 395 g/mol. The number of carboxylic acids is 1. The predicted octanol–water partition coefficient (Wildman–Crippen LogP) is 5.08. The highest BCUT2D eigenvalue weighted by Gasteiger charge is 2.25. The first kappa shape index (κ1) is 20.6. The van der Waals surface area contributed by atoms with Crippen molar-refractivity contribution in [2.24, 2.45) is 0 Å². The highest BCUT2D eigenvalue weighted by atomic mass is 19.1. The van der Waals surface area contributed by atoms with Crippen molar-refractivity contribution in [3.8, 4) is 0 Å². The lowest BCUT2D eigenvalue weighted by Crippen LogP contribution is -2.20. The molecule has 0 radical (unpaired) electrons. The van der Waals surface area contributed by atoms with Gasteiger partial charge in [-0.15, -0.1) is 0 Å². The SMILES string of the molecule is Cc1cccc(C2CCN(c3ccc(NC(=O)c4ccc(F)cc4)c(C(=O)O)c3)C2)c1. The number of carbonyl (C=O) groups excluding carboxylic acids is 1. The number of amides is 1. The predicted molar refractivity (Wildman–Crippen MR) is 119 cm³/mol. The lowest BCUT2D eigenvalue weighted by Gasteiger charge is -2.20. The Morgan fingerprint density at radius 3 is 2.55 bits per heavy atom. The lowest BCUT2D eigenvalue weighted by molar-refractivity contribution is 0.0698. The third-order valence-electron chi connectivity index (χ3n) is 5.66. The van der Waals surface area contributed by atoms with Gasteiger partial charge in [-0.3, -0.25) is 4.79 Å². The molecule has 1 heterocycles. The number of aryl methyl sites for hydroxylation is 1. The third-order valence-corrected chi connectivity index (χ3v) is 5.66. The molecule has 0 aromatic heterocycles. The smallest absolute Gasteiger partial charge is 0.337 e. The summed E-state index contributed by atoms with van der Waals surface area (Å²) in [6, 6.07) is 18.6. The van der Waals surface area contributed by atoms with E-state index in [4.69, 9.17) is 0 Å². The van der Waals surface area contributed by atoms with Crippen LogP contribution >= 0.6 is 0 Å². The van der Waals surface area contributed by atoms with Gasteiger partial charge in [0.15, 0.2) is 0 Å². The third kappa shape index (κ3) is 4.58. The van der Waals surface area contributed by atoms with Gasteiger partial charge < -0.3 is 15.3 Å². The molecule has 3 aromatic rings. The van der Waals surface area contributed by atoms with Crippen LogP contribution in [0.3, 0.4) is 0 Å². The van der Waals surface area contributed by atoms with Gasteiger partial charge >= 0.3 is 5.97 Å². The second kappa shape index (κ2) is 8.60. The summed E-state index contributed by atoms with van der Waals surface area (Å²) < 4.78 is 13.1. The molecule has 1 aliphatic heterocycles. The number of carbonyl (C=O) groups is 2. The number of nitrogens with one attached hydrogen (secondary N) is 1. The number of halogens is 1. The second-order valence-corrected chi connectivity index (χ2v) is 7.84. The molecule has 1 atom stereocenters. The summed E-state index contributed by atoms with van der Waals surface area (Å²) in [5, 5.41) is 12.3. The Labute approximate surface area is 180 Å². The molecule has 2 N–H and O–H groups in total. The van der Waals surface area contributed by atoms with E-state index in [2.05, 4.69) is 41.4 Å². The number of carboxylic acid groups (broad SMARTS) is 1. The van der Waals surface area contributed by atoms with Crippen LogP contribution in [0.1, 0.15) is 44.2 Å². The van der Waals surface area contributed by atoms with Crippen LogP contribution in [0.2, 0.25) is 0 Å². The minimum absolute atomic E-state index is 0.0203. The van der Waals surface area contributed by atoms with Crippen LogP contribution < -0.4 is 10.2 Å². The van der Waals surface area contributed by atoms with Crippen molar-refractivity contribution < 1.29 is 19.1 Å². The van der Waals surface area contributed by atoms with Crippen LogP contribution in [0, 0.1) is 12.7 Å². The Morgan fingerprint density at radius 2 is 1.84 bits per heavy atom. The quantitative estimate of drug-likeness (QED) is 0.606. The Balaban J connectivity index is 1.53. The van der Waals surface area contributed by atoms with Gasteiger partial charge in [-0.05, 0) is 61.4 Å². The van der Waals surface area contributed by atoms with Crippen molar-refractivity contribution >= 4 is 23.3 Å². The minimum Gasteiger partial charge on any atom is -0.478 e. The summed E-state index contributed by atoms with van der Waals surface area (Å²) in [6.07, 6.45) is 0.995. The molecule has 0 bridgehead atoms. The molecule has 0 saturated carbocycles. The van der Waals surface area contributed by atoms with E-state index < -0.39 is 17.7 Å². The molecule has 1 saturated heterocycles. The largest absolute Gasteiger partial charge is 0.478 e. The van der Waals surface area contributed by atoms with E-state index in [0.29, 0.717) is 5.92 Å². The molecule has 158 valence electrons. The van der Waals surface area contributed by atoms with E-state index in [1.807, 2.05) is 6.07 Å². The average molecular weight is 418 g/mol. The molecule has 4 rings (SSSR count). The molecule has 31 heavy (non-hydrogen) atoms. The second-order valence-electron chi connectivity index (χ2n) is 7.84. The Morgan fingerprint density at radius 1 is 1.06 bits per heavy atom. The van der Waals surface area contributed by atoms with E-state index in [-0.39, 0.29) is 16.8 Å². The van der Waals surface area contributed by atoms with Gasteiger partial charge in [-0.1, -0.05) is 29.8 Å². The van der Waals surface area contributed by atoms with Crippen molar-refractivity contribution in [1.82, 2.24) is 0 Å². The molecule has 1 fully saturated rings. The van der Waals surface area contributed by atoms with Crippen molar-refractivity contribution in [2.75, 3.05) is 23.3 Å². The number of hydrogen-bond acceptors (Lipinski definition) is 3. The fourth-order valence-corrected chi connectivity index (χ4v) is 4.00. The monoisotopic (exact) mass is 418 g/mol. The zero-order valence-corrected chi connectivity index (χ0v) is 17.1. The average Bonchev–Trinajstić information content (AvgIpc) is 3.24. The highest BCUT2D eigenvalue weighted by Crippen LogP contribution is 2.33. The summed E-state index contributed by atoms with van der Waals surface area (Å²) in [5.41, 5.74) is 3.82. The van der Waals surface area contributed by atoms with Gasteiger partial charge in [0.05, 0.1) is 11.3 Å². The highest BCUT2D eigenvalue weighted by molar-refractivity contribution is 6.08. The van der Waals surface area contributed by atoms with Gasteiger partial charge in [0.1, 0.15) is 5.82 Å². The summed E-state index contributed by atoms with van der Waals surface area (Å²) in [6.45, 7) is 3.72. The fraction of sp³-hybridized carbons (Fsp3) is 0.200. The zero-order valence-electron chi connectivity index (χ0n) is 17.1. The van der Waals surface area contributed by atoms with Crippen molar-refractivity contribution in [1.29, 1.82) is 0 Å². The van der Waals surface area contributed by atoms with E-state index in [1.54, 1.807) is 12.1 Å². The van der Waals surface area contributed by atoms with Gasteiger partial charge in [-0.25, -0.2) is 9.18 Å². The van der Waals surface area contributed by atoms with Crippen LogP contribution in [-0.4, -0.2) is 30.1 Å². The topological polar surface area (TPSA) is 69.6 Å². The zero-order chi connectivity index (χ0) is 22.0. The van der Waals surface area contributed by atoms with E-state index in [1.165, 1.54) is 35.4 Å². The number of aromatic carboxylic acids is 1. The Bertz CT molecular complexity index is 1130. The van der Waals surface area contributed by atoms with Gasteiger partial charge in [0.25, 0.3) is 5.91 Å². The number of hydrogen-bond donors (Lipinski definition) is 2. The fourth-order valence-electron chi connectivity index (χ4n) is 4.00. The van der Waals surface area contributed by atoms with E-state index >= 15 is 0 Å². The Kier molecular flexibility index (Phi) is 5.71. The maximum absolute atomic E-state index is 13.1. The van der Waals surface area contributed by atoms with E-state index in [9.17, 15) is 19.1 Å². The molecule has 1 amide bonds. The number of anilines is 2. The molecule has 3 aromatic carbocycles.